The van der Waals surface area contributed by atoms with Crippen LogP contribution in [0.4, 0.5) is 0 Å². The van der Waals surface area contributed by atoms with Crippen LogP contribution in [0.1, 0.15) is 24.6 Å². The first-order valence-electron chi connectivity index (χ1n) is 8.86. The van der Waals surface area contributed by atoms with Crippen LogP contribution in [0.5, 0.6) is 0 Å². The summed E-state index contributed by atoms with van der Waals surface area (Å²) in [4.78, 5) is 9.56. The summed E-state index contributed by atoms with van der Waals surface area (Å²) in [5.41, 5.74) is 2.46. The quantitative estimate of drug-likeness (QED) is 0.934. The molecule has 2 aliphatic rings. The molecule has 3 atom stereocenters. The van der Waals surface area contributed by atoms with Crippen LogP contribution in [0, 0.1) is 6.92 Å². The van der Waals surface area contributed by atoms with Crippen LogP contribution in [0.15, 0.2) is 36.7 Å². The largest absolute Gasteiger partial charge is 0.392 e. The maximum absolute atomic E-state index is 9.94. The Balaban J connectivity index is 1.54. The van der Waals surface area contributed by atoms with E-state index >= 15 is 0 Å². The third-order valence-electron chi connectivity index (χ3n) is 5.48. The van der Waals surface area contributed by atoms with Gasteiger partial charge in [-0.1, -0.05) is 6.07 Å². The molecule has 1 N–H and O–H groups in total. The van der Waals surface area contributed by atoms with Gasteiger partial charge in [-0.05, 0) is 44.0 Å². The summed E-state index contributed by atoms with van der Waals surface area (Å²) in [5, 5.41) is 9.94. The van der Waals surface area contributed by atoms with Gasteiger partial charge in [-0.15, -0.1) is 0 Å². The molecule has 2 saturated heterocycles. The molecule has 0 amide bonds. The lowest BCUT2D eigenvalue weighted by Gasteiger charge is -2.42. The van der Waals surface area contributed by atoms with Crippen molar-refractivity contribution in [2.75, 3.05) is 19.6 Å². The number of rotatable bonds is 3. The summed E-state index contributed by atoms with van der Waals surface area (Å²) in [5.74, 6) is 1.01. The van der Waals surface area contributed by atoms with Gasteiger partial charge in [0.15, 0.2) is 0 Å². The van der Waals surface area contributed by atoms with E-state index in [9.17, 15) is 5.11 Å². The summed E-state index contributed by atoms with van der Waals surface area (Å²) in [7, 11) is 0. The van der Waals surface area contributed by atoms with Crippen molar-refractivity contribution in [1.82, 2.24) is 19.4 Å². The fourth-order valence-electron chi connectivity index (χ4n) is 4.19. The van der Waals surface area contributed by atoms with Crippen LogP contribution < -0.4 is 0 Å². The Morgan fingerprint density at radius 1 is 1.21 bits per heavy atom. The van der Waals surface area contributed by atoms with Gasteiger partial charge in [-0.2, -0.15) is 0 Å². The predicted octanol–water partition coefficient (Wildman–Crippen LogP) is 1.82. The molecule has 0 aromatic carbocycles. The summed E-state index contributed by atoms with van der Waals surface area (Å²) in [6.07, 6.45) is 4.71. The number of piperazine rings is 1. The van der Waals surface area contributed by atoms with Crippen molar-refractivity contribution >= 4 is 0 Å². The van der Waals surface area contributed by atoms with E-state index in [4.69, 9.17) is 0 Å². The molecule has 5 heteroatoms. The summed E-state index contributed by atoms with van der Waals surface area (Å²) in [6.45, 7) is 8.24. The minimum Gasteiger partial charge on any atom is -0.392 e. The highest BCUT2D eigenvalue weighted by Gasteiger charge is 2.38. The first kappa shape index (κ1) is 15.8. The minimum atomic E-state index is -0.151. The van der Waals surface area contributed by atoms with Gasteiger partial charge >= 0.3 is 0 Å². The van der Waals surface area contributed by atoms with Gasteiger partial charge in [0.05, 0.1) is 6.10 Å². The summed E-state index contributed by atoms with van der Waals surface area (Å²) >= 11 is 0. The predicted molar refractivity (Wildman–Crippen MR) is 94.2 cm³/mol. The number of nitrogens with zero attached hydrogens (tertiary/aromatic N) is 4. The van der Waals surface area contributed by atoms with E-state index in [0.29, 0.717) is 12.1 Å². The Kier molecular flexibility index (Phi) is 4.16. The Morgan fingerprint density at radius 3 is 2.92 bits per heavy atom. The van der Waals surface area contributed by atoms with Crippen LogP contribution in [-0.4, -0.2) is 62.3 Å². The molecule has 2 fully saturated rings. The van der Waals surface area contributed by atoms with Gasteiger partial charge in [0.25, 0.3) is 0 Å². The molecule has 2 aromatic heterocycles. The highest BCUT2D eigenvalue weighted by Crippen LogP contribution is 2.26. The van der Waals surface area contributed by atoms with E-state index in [-0.39, 0.29) is 6.10 Å². The molecular weight excluding hydrogens is 300 g/mol. The normalized spacial score (nSPS) is 28.2. The maximum Gasteiger partial charge on any atom is 0.139 e. The molecule has 4 heterocycles. The molecule has 24 heavy (non-hydrogen) atoms. The average Bonchev–Trinajstić information content (AvgIpc) is 3.14. The Bertz CT molecular complexity index is 713. The number of aliphatic hydroxyl groups is 1. The highest BCUT2D eigenvalue weighted by molar-refractivity contribution is 5.35. The first-order chi connectivity index (χ1) is 11.6. The van der Waals surface area contributed by atoms with Crippen LogP contribution in [-0.2, 0) is 6.54 Å². The Labute approximate surface area is 143 Å². The zero-order valence-corrected chi connectivity index (χ0v) is 14.5. The lowest BCUT2D eigenvalue weighted by Crippen LogP contribution is -2.54. The first-order valence-corrected chi connectivity index (χ1v) is 8.86. The second-order valence-electron chi connectivity index (χ2n) is 7.29. The molecule has 128 valence electrons. The van der Waals surface area contributed by atoms with Gasteiger partial charge in [0.1, 0.15) is 5.82 Å². The molecule has 0 aliphatic carbocycles. The summed E-state index contributed by atoms with van der Waals surface area (Å²) in [6, 6.07) is 9.37. The molecule has 5 nitrogen and oxygen atoms in total. The molecule has 2 aliphatic heterocycles. The molecule has 0 bridgehead atoms. The SMILES string of the molecule is Cc1cccnc1-n1cccc1CN1C[C@@H]2C[C@@H](O)CN2C[C@@H]1C. The van der Waals surface area contributed by atoms with Gasteiger partial charge in [-0.3, -0.25) is 9.80 Å². The molecular formula is C19H26N4O. The zero-order valence-electron chi connectivity index (χ0n) is 14.5. The van der Waals surface area contributed by atoms with E-state index < -0.39 is 0 Å². The highest BCUT2D eigenvalue weighted by atomic mass is 16.3. The molecule has 2 aromatic rings. The molecule has 4 rings (SSSR count). The number of aromatic nitrogens is 2. The summed E-state index contributed by atoms with van der Waals surface area (Å²) < 4.78 is 2.21. The van der Waals surface area contributed by atoms with Crippen molar-refractivity contribution in [2.24, 2.45) is 0 Å². The van der Waals surface area contributed by atoms with Crippen molar-refractivity contribution < 1.29 is 5.11 Å². The second-order valence-corrected chi connectivity index (χ2v) is 7.29. The number of aliphatic hydroxyl groups excluding tert-OH is 1. The van der Waals surface area contributed by atoms with Crippen LogP contribution in [0.3, 0.4) is 0 Å². The van der Waals surface area contributed by atoms with E-state index in [0.717, 1.165) is 38.4 Å². The number of fused-ring (bicyclic) bond motifs is 1. The average molecular weight is 326 g/mol. The molecule has 0 spiro atoms. The maximum atomic E-state index is 9.94. The number of pyridine rings is 1. The number of hydrogen-bond acceptors (Lipinski definition) is 4. The van der Waals surface area contributed by atoms with Crippen molar-refractivity contribution in [1.29, 1.82) is 0 Å². The topological polar surface area (TPSA) is 44.5 Å². The standard InChI is InChI=1S/C19H26N4O/c1-14-5-3-7-20-19(14)23-8-4-6-16(23)11-21-12-17-9-18(24)13-22(17)10-15(21)2/h3-8,15,17-18,24H,9-13H2,1-2H3/t15-,17-,18+/m0/s1. The Hall–Kier alpha value is -1.69. The van der Waals surface area contributed by atoms with Crippen LogP contribution in [0.2, 0.25) is 0 Å². The van der Waals surface area contributed by atoms with Gasteiger partial charge in [-0.25, -0.2) is 4.98 Å². The van der Waals surface area contributed by atoms with Crippen LogP contribution >= 0.6 is 0 Å². The Morgan fingerprint density at radius 2 is 2.08 bits per heavy atom. The molecule has 0 radical (unpaired) electrons. The van der Waals surface area contributed by atoms with E-state index in [2.05, 4.69) is 57.6 Å². The van der Waals surface area contributed by atoms with Gasteiger partial charge < -0.3 is 9.67 Å². The van der Waals surface area contributed by atoms with Crippen molar-refractivity contribution in [3.63, 3.8) is 0 Å². The third kappa shape index (κ3) is 2.88. The van der Waals surface area contributed by atoms with Crippen molar-refractivity contribution in [3.8, 4) is 5.82 Å². The van der Waals surface area contributed by atoms with E-state index in [1.165, 1.54) is 11.3 Å². The van der Waals surface area contributed by atoms with Crippen molar-refractivity contribution in [2.45, 2.75) is 45.0 Å². The lowest BCUT2D eigenvalue weighted by atomic mass is 10.1. The monoisotopic (exact) mass is 326 g/mol. The fourth-order valence-corrected chi connectivity index (χ4v) is 4.19. The second kappa shape index (κ2) is 6.31. The van der Waals surface area contributed by atoms with Gasteiger partial charge in [0.2, 0.25) is 0 Å². The number of hydrogen-bond donors (Lipinski definition) is 1. The molecule has 0 saturated carbocycles. The van der Waals surface area contributed by atoms with Gasteiger partial charge in [0, 0.05) is 56.4 Å². The minimum absolute atomic E-state index is 0.151. The zero-order chi connectivity index (χ0) is 16.7. The van der Waals surface area contributed by atoms with Crippen molar-refractivity contribution in [3.05, 3.63) is 47.9 Å². The molecule has 0 unspecified atom stereocenters. The lowest BCUT2D eigenvalue weighted by molar-refractivity contribution is 0.0517. The van der Waals surface area contributed by atoms with Crippen LogP contribution in [0.25, 0.3) is 5.82 Å². The van der Waals surface area contributed by atoms with E-state index in [1.807, 2.05) is 12.3 Å². The third-order valence-corrected chi connectivity index (χ3v) is 5.48. The fraction of sp³-hybridized carbons (Fsp3) is 0.526. The smallest absolute Gasteiger partial charge is 0.139 e. The number of aryl methyl sites for hydroxylation is 1. The van der Waals surface area contributed by atoms with E-state index in [1.54, 1.807) is 0 Å².